The van der Waals surface area contributed by atoms with Gasteiger partial charge >= 0.3 is 0 Å². The van der Waals surface area contributed by atoms with E-state index in [1.165, 1.54) is 18.9 Å². The normalized spacial score (nSPS) is 22.4. The smallest absolute Gasteiger partial charge is 0.127 e. The van der Waals surface area contributed by atoms with Gasteiger partial charge < -0.3 is 10.6 Å². The van der Waals surface area contributed by atoms with Crippen molar-refractivity contribution in [2.24, 2.45) is 17.1 Å². The maximum absolute atomic E-state index is 13.8. The lowest BCUT2D eigenvalue weighted by atomic mass is 9.83. The Kier molecular flexibility index (Phi) is 4.82. The van der Waals surface area contributed by atoms with Gasteiger partial charge in [-0.25, -0.2) is 4.39 Å². The third-order valence-corrected chi connectivity index (χ3v) is 4.40. The molecule has 0 bridgehead atoms. The molecule has 1 heterocycles. The lowest BCUT2D eigenvalue weighted by Crippen LogP contribution is -2.43. The minimum atomic E-state index is -0.235. The number of hydrogen-bond donors (Lipinski definition) is 1. The molecule has 112 valence electrons. The van der Waals surface area contributed by atoms with Gasteiger partial charge in [0, 0.05) is 24.7 Å². The van der Waals surface area contributed by atoms with E-state index in [1.807, 2.05) is 6.07 Å². The van der Waals surface area contributed by atoms with E-state index in [-0.39, 0.29) is 17.8 Å². The fraction of sp³-hybridized carbons (Fsp3) is 0.647. The Morgan fingerprint density at radius 3 is 2.70 bits per heavy atom. The summed E-state index contributed by atoms with van der Waals surface area (Å²) >= 11 is 0. The third-order valence-electron chi connectivity index (χ3n) is 4.40. The second-order valence-electron chi connectivity index (χ2n) is 7.03. The van der Waals surface area contributed by atoms with Crippen LogP contribution in [0.4, 0.5) is 4.39 Å². The molecule has 0 aliphatic carbocycles. The number of nitrogens with two attached hydrogens (primary N) is 1. The predicted molar refractivity (Wildman–Crippen MR) is 81.9 cm³/mol. The molecule has 2 nitrogen and oxygen atoms in total. The lowest BCUT2D eigenvalue weighted by Gasteiger charge is -2.40. The van der Waals surface area contributed by atoms with Gasteiger partial charge in [-0.3, -0.25) is 0 Å². The van der Waals surface area contributed by atoms with Crippen molar-refractivity contribution in [3.63, 3.8) is 0 Å². The monoisotopic (exact) mass is 278 g/mol. The van der Waals surface area contributed by atoms with Gasteiger partial charge in [0.05, 0.1) is 0 Å². The molecule has 0 radical (unpaired) electrons. The first kappa shape index (κ1) is 15.5. The highest BCUT2D eigenvalue weighted by Gasteiger charge is 2.28. The van der Waals surface area contributed by atoms with Crippen molar-refractivity contribution in [2.75, 3.05) is 19.6 Å². The average molecular weight is 278 g/mol. The molecular formula is C17H27FN2. The summed E-state index contributed by atoms with van der Waals surface area (Å²) < 4.78 is 13.8. The number of likely N-dealkylation sites (tertiary alicyclic amines) is 1. The Balaban J connectivity index is 1.98. The minimum absolute atomic E-state index is 0.189. The van der Waals surface area contributed by atoms with Crippen LogP contribution in [0.1, 0.15) is 45.2 Å². The molecular weight excluding hydrogens is 251 g/mol. The van der Waals surface area contributed by atoms with Gasteiger partial charge in [-0.1, -0.05) is 39.0 Å². The number of piperidine rings is 1. The number of halogens is 1. The molecule has 2 N–H and O–H groups in total. The van der Waals surface area contributed by atoms with Gasteiger partial charge in [-0.05, 0) is 36.8 Å². The van der Waals surface area contributed by atoms with Crippen molar-refractivity contribution >= 4 is 0 Å². The van der Waals surface area contributed by atoms with E-state index in [4.69, 9.17) is 5.73 Å². The van der Waals surface area contributed by atoms with Crippen LogP contribution in [0, 0.1) is 17.2 Å². The Morgan fingerprint density at radius 2 is 2.05 bits per heavy atom. The van der Waals surface area contributed by atoms with E-state index in [1.54, 1.807) is 12.1 Å². The summed E-state index contributed by atoms with van der Waals surface area (Å²) in [5.74, 6) is 0.0617. The molecule has 0 aromatic heterocycles. The maximum atomic E-state index is 13.8. The Labute approximate surface area is 122 Å². The summed E-state index contributed by atoms with van der Waals surface area (Å²) in [6, 6.07) is 6.63. The van der Waals surface area contributed by atoms with Crippen LogP contribution < -0.4 is 5.73 Å². The molecule has 0 spiro atoms. The molecule has 3 heteroatoms. The van der Waals surface area contributed by atoms with Gasteiger partial charge in [0.2, 0.25) is 0 Å². The Morgan fingerprint density at radius 1 is 1.35 bits per heavy atom. The summed E-state index contributed by atoms with van der Waals surface area (Å²) in [6.07, 6.45) is 2.53. The zero-order valence-electron chi connectivity index (χ0n) is 12.9. The first-order valence-electron chi connectivity index (χ1n) is 7.61. The van der Waals surface area contributed by atoms with Crippen molar-refractivity contribution in [1.82, 2.24) is 4.90 Å². The van der Waals surface area contributed by atoms with Crippen LogP contribution in [-0.4, -0.2) is 24.5 Å². The van der Waals surface area contributed by atoms with E-state index in [0.717, 1.165) is 19.6 Å². The molecule has 2 atom stereocenters. The second kappa shape index (κ2) is 6.23. The van der Waals surface area contributed by atoms with Crippen molar-refractivity contribution < 1.29 is 4.39 Å². The Hall–Kier alpha value is -0.930. The van der Waals surface area contributed by atoms with E-state index in [0.29, 0.717) is 11.0 Å². The average Bonchev–Trinajstić information content (AvgIpc) is 2.37. The number of hydrogen-bond acceptors (Lipinski definition) is 2. The summed E-state index contributed by atoms with van der Waals surface area (Å²) in [7, 11) is 0. The van der Waals surface area contributed by atoms with Crippen LogP contribution >= 0.6 is 0 Å². The summed E-state index contributed by atoms with van der Waals surface area (Å²) in [4.78, 5) is 2.48. The maximum Gasteiger partial charge on any atom is 0.127 e. The molecule has 1 aliphatic heterocycles. The molecule has 2 rings (SSSR count). The van der Waals surface area contributed by atoms with Gasteiger partial charge in [-0.15, -0.1) is 0 Å². The highest BCUT2D eigenvalue weighted by atomic mass is 19.1. The van der Waals surface area contributed by atoms with E-state index in [9.17, 15) is 4.39 Å². The fourth-order valence-corrected chi connectivity index (χ4v) is 3.27. The standard InChI is InChI=1S/C17H27FN2/c1-13(11-20-10-6-9-17(2,3)12-20)16(19)14-7-4-5-8-15(14)18/h4-5,7-8,13,16H,6,9-12,19H2,1-3H3. The molecule has 0 amide bonds. The van der Waals surface area contributed by atoms with E-state index < -0.39 is 0 Å². The van der Waals surface area contributed by atoms with Crippen LogP contribution in [-0.2, 0) is 0 Å². The van der Waals surface area contributed by atoms with Crippen molar-refractivity contribution in [1.29, 1.82) is 0 Å². The van der Waals surface area contributed by atoms with Crippen LogP contribution in [0.25, 0.3) is 0 Å². The number of benzene rings is 1. The van der Waals surface area contributed by atoms with Crippen LogP contribution in [0.2, 0.25) is 0 Å². The van der Waals surface area contributed by atoms with Crippen molar-refractivity contribution in [3.05, 3.63) is 35.6 Å². The molecule has 1 aliphatic rings. The fourth-order valence-electron chi connectivity index (χ4n) is 3.27. The molecule has 20 heavy (non-hydrogen) atoms. The molecule has 2 unspecified atom stereocenters. The minimum Gasteiger partial charge on any atom is -0.324 e. The predicted octanol–water partition coefficient (Wildman–Crippen LogP) is 3.58. The third kappa shape index (κ3) is 3.80. The Bertz CT molecular complexity index is 444. The zero-order chi connectivity index (χ0) is 14.8. The summed E-state index contributed by atoms with van der Waals surface area (Å²) in [5, 5.41) is 0. The van der Waals surface area contributed by atoms with Crippen molar-refractivity contribution in [2.45, 2.75) is 39.7 Å². The van der Waals surface area contributed by atoms with Crippen LogP contribution in [0.15, 0.2) is 24.3 Å². The summed E-state index contributed by atoms with van der Waals surface area (Å²) in [5.41, 5.74) is 7.28. The van der Waals surface area contributed by atoms with Gasteiger partial charge in [-0.2, -0.15) is 0 Å². The quantitative estimate of drug-likeness (QED) is 0.912. The SMILES string of the molecule is CC(CN1CCCC(C)(C)C1)C(N)c1ccccc1F. The molecule has 1 fully saturated rings. The molecule has 1 aromatic rings. The lowest BCUT2D eigenvalue weighted by molar-refractivity contribution is 0.0996. The number of nitrogens with zero attached hydrogens (tertiary/aromatic N) is 1. The van der Waals surface area contributed by atoms with Crippen LogP contribution in [0.3, 0.4) is 0 Å². The topological polar surface area (TPSA) is 29.3 Å². The molecule has 1 saturated heterocycles. The van der Waals surface area contributed by atoms with E-state index >= 15 is 0 Å². The molecule has 1 aromatic carbocycles. The zero-order valence-corrected chi connectivity index (χ0v) is 12.9. The van der Waals surface area contributed by atoms with Gasteiger partial charge in [0.25, 0.3) is 0 Å². The van der Waals surface area contributed by atoms with E-state index in [2.05, 4.69) is 25.7 Å². The largest absolute Gasteiger partial charge is 0.324 e. The van der Waals surface area contributed by atoms with Crippen molar-refractivity contribution in [3.8, 4) is 0 Å². The summed E-state index contributed by atoms with van der Waals surface area (Å²) in [6.45, 7) is 9.96. The van der Waals surface area contributed by atoms with Crippen LogP contribution in [0.5, 0.6) is 0 Å². The first-order valence-corrected chi connectivity index (χ1v) is 7.61. The van der Waals surface area contributed by atoms with Gasteiger partial charge in [0.1, 0.15) is 5.82 Å². The first-order chi connectivity index (χ1) is 9.39. The molecule has 0 saturated carbocycles. The highest BCUT2D eigenvalue weighted by Crippen LogP contribution is 2.30. The number of rotatable bonds is 4. The second-order valence-corrected chi connectivity index (χ2v) is 7.03. The highest BCUT2D eigenvalue weighted by molar-refractivity contribution is 5.21. The van der Waals surface area contributed by atoms with Gasteiger partial charge in [0.15, 0.2) is 0 Å².